The molecule has 110 valence electrons. The predicted octanol–water partition coefficient (Wildman–Crippen LogP) is 3.03. The molecule has 0 radical (unpaired) electrons. The van der Waals surface area contributed by atoms with E-state index in [0.717, 1.165) is 11.3 Å². The number of urea groups is 1. The molecule has 5 heteroatoms. The van der Waals surface area contributed by atoms with Crippen molar-refractivity contribution < 1.29 is 14.3 Å². The molecule has 0 unspecified atom stereocenters. The van der Waals surface area contributed by atoms with Gasteiger partial charge in [-0.25, -0.2) is 4.79 Å². The highest BCUT2D eigenvalue weighted by Crippen LogP contribution is 2.27. The van der Waals surface area contributed by atoms with Crippen molar-refractivity contribution in [2.75, 3.05) is 19.5 Å². The maximum Gasteiger partial charge on any atom is 0.319 e. The summed E-state index contributed by atoms with van der Waals surface area (Å²) in [4.78, 5) is 11.8. The van der Waals surface area contributed by atoms with Crippen LogP contribution in [0.3, 0.4) is 0 Å². The standard InChI is InChI=1S/C16H18N2O3/c1-20-14-9-8-12(10-15(14)21-2)11-17-16(19)18-13-6-4-3-5-7-13/h3-10H,11H2,1-2H3,(H2,17,18,19). The van der Waals surface area contributed by atoms with Crippen LogP contribution in [0.1, 0.15) is 5.56 Å². The van der Waals surface area contributed by atoms with Gasteiger partial charge in [0.1, 0.15) is 0 Å². The highest BCUT2D eigenvalue weighted by atomic mass is 16.5. The van der Waals surface area contributed by atoms with Crippen molar-refractivity contribution in [3.63, 3.8) is 0 Å². The summed E-state index contributed by atoms with van der Waals surface area (Å²) in [7, 11) is 3.17. The van der Waals surface area contributed by atoms with Crippen molar-refractivity contribution >= 4 is 11.7 Å². The van der Waals surface area contributed by atoms with Gasteiger partial charge in [-0.05, 0) is 29.8 Å². The molecule has 0 heterocycles. The second kappa shape index (κ2) is 7.19. The fraction of sp³-hybridized carbons (Fsp3) is 0.188. The minimum absolute atomic E-state index is 0.254. The molecule has 0 aliphatic rings. The molecule has 2 aromatic carbocycles. The topological polar surface area (TPSA) is 59.6 Å². The monoisotopic (exact) mass is 286 g/mol. The molecule has 2 rings (SSSR count). The van der Waals surface area contributed by atoms with Gasteiger partial charge in [-0.2, -0.15) is 0 Å². The summed E-state index contributed by atoms with van der Waals surface area (Å²) < 4.78 is 10.4. The van der Waals surface area contributed by atoms with E-state index < -0.39 is 0 Å². The summed E-state index contributed by atoms with van der Waals surface area (Å²) in [5.41, 5.74) is 1.68. The van der Waals surface area contributed by atoms with E-state index in [1.54, 1.807) is 14.2 Å². The number of hydrogen-bond donors (Lipinski definition) is 2. The van der Waals surface area contributed by atoms with Crippen molar-refractivity contribution in [2.24, 2.45) is 0 Å². The smallest absolute Gasteiger partial charge is 0.319 e. The fourth-order valence-electron chi connectivity index (χ4n) is 1.87. The van der Waals surface area contributed by atoms with Gasteiger partial charge in [0, 0.05) is 12.2 Å². The minimum Gasteiger partial charge on any atom is -0.493 e. The van der Waals surface area contributed by atoms with E-state index in [1.165, 1.54) is 0 Å². The summed E-state index contributed by atoms with van der Waals surface area (Å²) in [6, 6.07) is 14.6. The molecule has 0 bridgehead atoms. The van der Waals surface area contributed by atoms with Gasteiger partial charge in [0.25, 0.3) is 0 Å². The van der Waals surface area contributed by atoms with Crippen LogP contribution < -0.4 is 20.1 Å². The van der Waals surface area contributed by atoms with Crippen molar-refractivity contribution in [3.05, 3.63) is 54.1 Å². The lowest BCUT2D eigenvalue weighted by atomic mass is 10.2. The van der Waals surface area contributed by atoms with Crippen molar-refractivity contribution in [1.29, 1.82) is 0 Å². The number of benzene rings is 2. The number of carbonyl (C=O) groups excluding carboxylic acids is 1. The maximum absolute atomic E-state index is 11.8. The zero-order valence-corrected chi connectivity index (χ0v) is 12.1. The van der Waals surface area contributed by atoms with E-state index in [4.69, 9.17) is 9.47 Å². The second-order valence-corrected chi connectivity index (χ2v) is 4.36. The Morgan fingerprint density at radius 1 is 1.00 bits per heavy atom. The lowest BCUT2D eigenvalue weighted by Gasteiger charge is -2.11. The average molecular weight is 286 g/mol. The number of anilines is 1. The molecular weight excluding hydrogens is 268 g/mol. The molecule has 2 N–H and O–H groups in total. The number of rotatable bonds is 5. The first-order chi connectivity index (χ1) is 10.2. The Morgan fingerprint density at radius 2 is 1.71 bits per heavy atom. The van der Waals surface area contributed by atoms with Crippen LogP contribution in [0.2, 0.25) is 0 Å². The van der Waals surface area contributed by atoms with E-state index in [9.17, 15) is 4.79 Å². The predicted molar refractivity (Wildman–Crippen MR) is 81.8 cm³/mol. The largest absolute Gasteiger partial charge is 0.493 e. The third-order valence-corrected chi connectivity index (χ3v) is 2.93. The number of para-hydroxylation sites is 1. The van der Waals surface area contributed by atoms with E-state index in [2.05, 4.69) is 10.6 Å². The van der Waals surface area contributed by atoms with Gasteiger partial charge in [-0.1, -0.05) is 24.3 Å². The molecule has 0 aromatic heterocycles. The van der Waals surface area contributed by atoms with Gasteiger partial charge < -0.3 is 20.1 Å². The van der Waals surface area contributed by atoms with Crippen LogP contribution in [0.15, 0.2) is 48.5 Å². The highest BCUT2D eigenvalue weighted by molar-refractivity contribution is 5.89. The Bertz CT molecular complexity index is 600. The van der Waals surface area contributed by atoms with Crippen LogP contribution in [-0.2, 0) is 6.54 Å². The first kappa shape index (κ1) is 14.7. The van der Waals surface area contributed by atoms with Gasteiger partial charge in [0.15, 0.2) is 11.5 Å². The average Bonchev–Trinajstić information content (AvgIpc) is 2.53. The lowest BCUT2D eigenvalue weighted by Crippen LogP contribution is -2.28. The normalized spacial score (nSPS) is 9.81. The fourth-order valence-corrected chi connectivity index (χ4v) is 1.87. The summed E-state index contributed by atoms with van der Waals surface area (Å²) in [5, 5.41) is 5.55. The molecule has 0 fully saturated rings. The quantitative estimate of drug-likeness (QED) is 0.888. The molecule has 0 aliphatic heterocycles. The molecule has 0 spiro atoms. The number of amides is 2. The van der Waals surface area contributed by atoms with Gasteiger partial charge in [0.05, 0.1) is 14.2 Å². The SMILES string of the molecule is COc1ccc(CNC(=O)Nc2ccccc2)cc1OC. The Hall–Kier alpha value is -2.69. The van der Waals surface area contributed by atoms with Gasteiger partial charge >= 0.3 is 6.03 Å². The van der Waals surface area contributed by atoms with Crippen LogP contribution in [-0.4, -0.2) is 20.3 Å². The van der Waals surface area contributed by atoms with Crippen LogP contribution in [0, 0.1) is 0 Å². The zero-order valence-electron chi connectivity index (χ0n) is 12.1. The Labute approximate surface area is 123 Å². The van der Waals surface area contributed by atoms with E-state index >= 15 is 0 Å². The van der Waals surface area contributed by atoms with Gasteiger partial charge in [-0.15, -0.1) is 0 Å². The van der Waals surface area contributed by atoms with Crippen molar-refractivity contribution in [2.45, 2.75) is 6.54 Å². The van der Waals surface area contributed by atoms with Crippen LogP contribution in [0.5, 0.6) is 11.5 Å². The zero-order chi connectivity index (χ0) is 15.1. The van der Waals surface area contributed by atoms with Gasteiger partial charge in [-0.3, -0.25) is 0 Å². The number of nitrogens with one attached hydrogen (secondary N) is 2. The van der Waals surface area contributed by atoms with Crippen LogP contribution in [0.25, 0.3) is 0 Å². The van der Waals surface area contributed by atoms with E-state index in [1.807, 2.05) is 48.5 Å². The Balaban J connectivity index is 1.92. The van der Waals surface area contributed by atoms with Crippen LogP contribution in [0.4, 0.5) is 10.5 Å². The Morgan fingerprint density at radius 3 is 2.38 bits per heavy atom. The maximum atomic E-state index is 11.8. The minimum atomic E-state index is -0.254. The van der Waals surface area contributed by atoms with Crippen molar-refractivity contribution in [1.82, 2.24) is 5.32 Å². The summed E-state index contributed by atoms with van der Waals surface area (Å²) in [6.45, 7) is 0.402. The van der Waals surface area contributed by atoms with E-state index in [0.29, 0.717) is 18.0 Å². The summed E-state index contributed by atoms with van der Waals surface area (Å²) >= 11 is 0. The van der Waals surface area contributed by atoms with Crippen LogP contribution >= 0.6 is 0 Å². The third kappa shape index (κ3) is 4.14. The molecule has 2 amide bonds. The molecule has 2 aromatic rings. The molecule has 0 saturated heterocycles. The highest BCUT2D eigenvalue weighted by Gasteiger charge is 2.06. The Kier molecular flexibility index (Phi) is 5.04. The second-order valence-electron chi connectivity index (χ2n) is 4.36. The lowest BCUT2D eigenvalue weighted by molar-refractivity contribution is 0.251. The first-order valence-corrected chi connectivity index (χ1v) is 6.53. The molecule has 0 aliphatic carbocycles. The van der Waals surface area contributed by atoms with E-state index in [-0.39, 0.29) is 6.03 Å². The number of methoxy groups -OCH3 is 2. The molecule has 5 nitrogen and oxygen atoms in total. The molecular formula is C16H18N2O3. The number of carbonyl (C=O) groups is 1. The number of ether oxygens (including phenoxy) is 2. The third-order valence-electron chi connectivity index (χ3n) is 2.93. The van der Waals surface area contributed by atoms with Crippen molar-refractivity contribution in [3.8, 4) is 11.5 Å². The molecule has 0 atom stereocenters. The number of hydrogen-bond acceptors (Lipinski definition) is 3. The summed E-state index contributed by atoms with van der Waals surface area (Å²) in [6.07, 6.45) is 0. The van der Waals surface area contributed by atoms with Gasteiger partial charge in [0.2, 0.25) is 0 Å². The first-order valence-electron chi connectivity index (χ1n) is 6.53. The summed E-state index contributed by atoms with van der Waals surface area (Å²) in [5.74, 6) is 1.30. The molecule has 0 saturated carbocycles. The molecule has 21 heavy (non-hydrogen) atoms.